The number of rotatable bonds is 2. The largest absolute Gasteiger partial charge is 0.465 e. The first-order valence-corrected chi connectivity index (χ1v) is 4.14. The van der Waals surface area contributed by atoms with Gasteiger partial charge in [0.15, 0.2) is 5.75 Å². The van der Waals surface area contributed by atoms with Gasteiger partial charge in [0.05, 0.1) is 17.1 Å². The van der Waals surface area contributed by atoms with Gasteiger partial charge in [0, 0.05) is 10.6 Å². The quantitative estimate of drug-likeness (QED) is 0.755. The van der Waals surface area contributed by atoms with Crippen LogP contribution in [0, 0.1) is 0 Å². The van der Waals surface area contributed by atoms with E-state index in [1.54, 1.807) is 0 Å². The Morgan fingerprint density at radius 3 is 2.77 bits per heavy atom. The molecule has 0 saturated heterocycles. The van der Waals surface area contributed by atoms with Crippen molar-refractivity contribution in [3.63, 3.8) is 0 Å². The molecule has 70 valence electrons. The fraction of sp³-hybridized carbons (Fsp3) is 0.125. The molecule has 13 heavy (non-hydrogen) atoms. The van der Waals surface area contributed by atoms with Crippen LogP contribution < -0.4 is 4.94 Å². The molecule has 0 amide bonds. The molecule has 0 radical (unpaired) electrons. The summed E-state index contributed by atoms with van der Waals surface area (Å²) in [7, 11) is 1.25. The molecule has 0 unspecified atom stereocenters. The summed E-state index contributed by atoms with van der Waals surface area (Å²) < 4.78 is 16.7. The summed E-state index contributed by atoms with van der Waals surface area (Å²) in [5.74, 6) is -0.589. The van der Waals surface area contributed by atoms with E-state index in [1.165, 1.54) is 25.3 Å². The van der Waals surface area contributed by atoms with Crippen molar-refractivity contribution in [3.8, 4) is 5.75 Å². The number of halogens is 2. The third-order valence-corrected chi connectivity index (χ3v) is 2.09. The number of esters is 1. The minimum atomic E-state index is -0.536. The van der Waals surface area contributed by atoms with Crippen molar-refractivity contribution in [2.24, 2.45) is 0 Å². The van der Waals surface area contributed by atoms with Crippen LogP contribution in [0.2, 0.25) is 0 Å². The summed E-state index contributed by atoms with van der Waals surface area (Å²) in [6, 6.07) is 4.25. The standard InChI is InChI=1S/C8H6BrFO3/c1-12-8(11)5-2-3-6(9)7(4-5)13-10/h2-4H,1H3. The maximum Gasteiger partial charge on any atom is 0.337 e. The third kappa shape index (κ3) is 2.18. The normalized spacial score (nSPS) is 9.46. The Morgan fingerprint density at radius 1 is 1.54 bits per heavy atom. The Morgan fingerprint density at radius 2 is 2.23 bits per heavy atom. The summed E-state index contributed by atoms with van der Waals surface area (Å²) in [5, 5.41) is 0. The van der Waals surface area contributed by atoms with Crippen LogP contribution in [-0.4, -0.2) is 13.1 Å². The van der Waals surface area contributed by atoms with E-state index in [0.717, 1.165) is 0 Å². The second-order valence-electron chi connectivity index (χ2n) is 2.21. The average Bonchev–Trinajstić information content (AvgIpc) is 2.17. The highest BCUT2D eigenvalue weighted by Crippen LogP contribution is 2.26. The lowest BCUT2D eigenvalue weighted by atomic mass is 10.2. The maximum atomic E-state index is 11.9. The summed E-state index contributed by atoms with van der Waals surface area (Å²) in [4.78, 5) is 14.5. The Kier molecular flexibility index (Phi) is 3.25. The molecule has 3 nitrogen and oxygen atoms in total. The monoisotopic (exact) mass is 248 g/mol. The SMILES string of the molecule is COC(=O)c1ccc(Br)c(OF)c1. The Bertz CT molecular complexity index is 327. The molecule has 1 aromatic carbocycles. The van der Waals surface area contributed by atoms with Crippen LogP contribution >= 0.6 is 15.9 Å². The molecule has 0 aliphatic carbocycles. The van der Waals surface area contributed by atoms with Gasteiger partial charge in [0.25, 0.3) is 0 Å². The van der Waals surface area contributed by atoms with Crippen LogP contribution in [0.25, 0.3) is 0 Å². The van der Waals surface area contributed by atoms with E-state index in [1.807, 2.05) is 0 Å². The van der Waals surface area contributed by atoms with E-state index in [0.29, 0.717) is 4.47 Å². The lowest BCUT2D eigenvalue weighted by Crippen LogP contribution is -2.00. The van der Waals surface area contributed by atoms with Gasteiger partial charge in [-0.3, -0.25) is 4.94 Å². The molecule has 0 saturated carbocycles. The van der Waals surface area contributed by atoms with Crippen LogP contribution in [-0.2, 0) is 4.74 Å². The topological polar surface area (TPSA) is 35.5 Å². The zero-order valence-corrected chi connectivity index (χ0v) is 8.30. The zero-order valence-electron chi connectivity index (χ0n) is 6.71. The molecule has 0 bridgehead atoms. The summed E-state index contributed by atoms with van der Waals surface area (Å²) in [6.45, 7) is 0. The summed E-state index contributed by atoms with van der Waals surface area (Å²) >= 11 is 3.04. The third-order valence-electron chi connectivity index (χ3n) is 1.44. The van der Waals surface area contributed by atoms with Crippen molar-refractivity contribution in [1.29, 1.82) is 0 Å². The van der Waals surface area contributed by atoms with Gasteiger partial charge >= 0.3 is 5.97 Å². The van der Waals surface area contributed by atoms with Crippen LogP contribution in [0.15, 0.2) is 22.7 Å². The van der Waals surface area contributed by atoms with E-state index in [2.05, 4.69) is 25.6 Å². The molecule has 1 rings (SSSR count). The van der Waals surface area contributed by atoms with Crippen molar-refractivity contribution in [1.82, 2.24) is 0 Å². The number of ether oxygens (including phenoxy) is 1. The number of hydrogen-bond acceptors (Lipinski definition) is 3. The highest BCUT2D eigenvalue weighted by Gasteiger charge is 2.09. The van der Waals surface area contributed by atoms with Crippen molar-refractivity contribution >= 4 is 21.9 Å². The molecule has 0 fully saturated rings. The molecular formula is C8H6BrFO3. The second-order valence-corrected chi connectivity index (χ2v) is 3.07. The first-order valence-electron chi connectivity index (χ1n) is 3.35. The van der Waals surface area contributed by atoms with Crippen LogP contribution in [0.4, 0.5) is 4.53 Å². The first kappa shape index (κ1) is 9.98. The zero-order chi connectivity index (χ0) is 9.84. The minimum absolute atomic E-state index is 0.0529. The van der Waals surface area contributed by atoms with Crippen LogP contribution in [0.5, 0.6) is 5.75 Å². The summed E-state index contributed by atoms with van der Waals surface area (Å²) in [6.07, 6.45) is 0. The van der Waals surface area contributed by atoms with E-state index < -0.39 is 5.97 Å². The van der Waals surface area contributed by atoms with E-state index in [9.17, 15) is 9.32 Å². The first-order chi connectivity index (χ1) is 6.19. The van der Waals surface area contributed by atoms with Gasteiger partial charge in [-0.25, -0.2) is 4.79 Å². The van der Waals surface area contributed by atoms with Gasteiger partial charge in [-0.1, -0.05) is 0 Å². The second kappa shape index (κ2) is 4.23. The Hall–Kier alpha value is -1.10. The minimum Gasteiger partial charge on any atom is -0.465 e. The van der Waals surface area contributed by atoms with E-state index >= 15 is 0 Å². The lowest BCUT2D eigenvalue weighted by molar-refractivity contribution is -0.00728. The molecule has 0 aliphatic rings. The van der Waals surface area contributed by atoms with Crippen molar-refractivity contribution in [3.05, 3.63) is 28.2 Å². The fourth-order valence-electron chi connectivity index (χ4n) is 0.807. The highest BCUT2D eigenvalue weighted by atomic mass is 79.9. The Balaban J connectivity index is 3.06. The molecule has 0 aliphatic heterocycles. The molecule has 0 aromatic heterocycles. The molecule has 0 N–H and O–H groups in total. The lowest BCUT2D eigenvalue weighted by Gasteiger charge is -2.01. The van der Waals surface area contributed by atoms with E-state index in [-0.39, 0.29) is 11.3 Å². The highest BCUT2D eigenvalue weighted by molar-refractivity contribution is 9.10. The van der Waals surface area contributed by atoms with Crippen LogP contribution in [0.1, 0.15) is 10.4 Å². The molecular weight excluding hydrogens is 243 g/mol. The molecule has 0 spiro atoms. The van der Waals surface area contributed by atoms with Crippen molar-refractivity contribution < 1.29 is 19.0 Å². The van der Waals surface area contributed by atoms with Gasteiger partial charge in [-0.05, 0) is 28.1 Å². The molecule has 0 atom stereocenters. The number of benzene rings is 1. The van der Waals surface area contributed by atoms with Gasteiger partial charge in [-0.15, -0.1) is 0 Å². The van der Waals surface area contributed by atoms with Gasteiger partial charge in [0.2, 0.25) is 0 Å². The molecule has 0 heterocycles. The number of hydrogen-bond donors (Lipinski definition) is 0. The van der Waals surface area contributed by atoms with Gasteiger partial charge in [-0.2, -0.15) is 0 Å². The summed E-state index contributed by atoms with van der Waals surface area (Å²) in [5.41, 5.74) is 0.235. The predicted molar refractivity (Wildman–Crippen MR) is 47.2 cm³/mol. The molecule has 1 aromatic rings. The van der Waals surface area contributed by atoms with Crippen molar-refractivity contribution in [2.75, 3.05) is 7.11 Å². The number of carbonyl (C=O) groups excluding carboxylic acids is 1. The van der Waals surface area contributed by atoms with Crippen molar-refractivity contribution in [2.45, 2.75) is 0 Å². The molecule has 5 heteroatoms. The van der Waals surface area contributed by atoms with Gasteiger partial charge in [0.1, 0.15) is 0 Å². The van der Waals surface area contributed by atoms with E-state index in [4.69, 9.17) is 0 Å². The smallest absolute Gasteiger partial charge is 0.337 e. The Labute approximate surface area is 82.5 Å². The van der Waals surface area contributed by atoms with Gasteiger partial charge < -0.3 is 4.74 Å². The predicted octanol–water partition coefficient (Wildman–Crippen LogP) is 2.50. The average molecular weight is 249 g/mol. The number of methoxy groups -OCH3 is 1. The maximum absolute atomic E-state index is 11.9. The number of carbonyl (C=O) groups is 1. The fourth-order valence-corrected chi connectivity index (χ4v) is 1.12. The van der Waals surface area contributed by atoms with Crippen LogP contribution in [0.3, 0.4) is 0 Å².